The van der Waals surface area contributed by atoms with E-state index in [4.69, 9.17) is 0 Å². The molecule has 1 aromatic carbocycles. The fraction of sp³-hybridized carbons (Fsp3) is 0.500. The average Bonchev–Trinajstić information content (AvgIpc) is 3.26. The molecule has 0 atom stereocenters. The van der Waals surface area contributed by atoms with Crippen LogP contribution >= 0.6 is 24.0 Å². The van der Waals surface area contributed by atoms with Crippen molar-refractivity contribution in [3.8, 4) is 0 Å². The van der Waals surface area contributed by atoms with Crippen LogP contribution in [-0.2, 0) is 6.54 Å². The minimum Gasteiger partial charge on any atom is -0.357 e. The number of aliphatic imine (C=N–C) groups is 1. The predicted octanol–water partition coefficient (Wildman–Crippen LogP) is 2.68. The maximum Gasteiger partial charge on any atom is 0.269 e. The lowest BCUT2D eigenvalue weighted by Gasteiger charge is -2.10. The minimum atomic E-state index is -0.385. The molecule has 0 unspecified atom stereocenters. The zero-order chi connectivity index (χ0) is 14.4. The van der Waals surface area contributed by atoms with Crippen LogP contribution in [0, 0.1) is 16.0 Å². The van der Waals surface area contributed by atoms with Gasteiger partial charge in [0.15, 0.2) is 5.96 Å². The molecule has 0 bridgehead atoms. The monoisotopic (exact) mass is 404 g/mol. The summed E-state index contributed by atoms with van der Waals surface area (Å²) < 4.78 is 0. The van der Waals surface area contributed by atoms with E-state index in [0.29, 0.717) is 6.54 Å². The van der Waals surface area contributed by atoms with E-state index in [9.17, 15) is 10.1 Å². The van der Waals surface area contributed by atoms with Gasteiger partial charge >= 0.3 is 0 Å². The average molecular weight is 404 g/mol. The fourth-order valence-corrected chi connectivity index (χ4v) is 1.84. The van der Waals surface area contributed by atoms with Gasteiger partial charge in [-0.2, -0.15) is 0 Å². The standard InChI is InChI=1S/C14H20N4O2.HI/c1-2-15-14(16-9-11-6-7-11)17-10-12-4-3-5-13(8-12)18(19)20;/h3-5,8,11H,2,6-7,9-10H2,1H3,(H2,15,16,17);1H. The number of nitro benzene ring substituents is 1. The Bertz CT molecular complexity index is 504. The van der Waals surface area contributed by atoms with Crippen molar-refractivity contribution >= 4 is 35.6 Å². The zero-order valence-electron chi connectivity index (χ0n) is 12.0. The Balaban J connectivity index is 0.00000220. The highest BCUT2D eigenvalue weighted by Gasteiger charge is 2.21. The second-order valence-corrected chi connectivity index (χ2v) is 4.95. The summed E-state index contributed by atoms with van der Waals surface area (Å²) in [5, 5.41) is 17.2. The lowest BCUT2D eigenvalue weighted by Crippen LogP contribution is -2.38. The van der Waals surface area contributed by atoms with Crippen LogP contribution in [-0.4, -0.2) is 24.0 Å². The number of nitrogens with one attached hydrogen (secondary N) is 2. The topological polar surface area (TPSA) is 79.6 Å². The molecule has 2 N–H and O–H groups in total. The smallest absolute Gasteiger partial charge is 0.269 e. The van der Waals surface area contributed by atoms with E-state index < -0.39 is 0 Å². The Morgan fingerprint density at radius 2 is 2.19 bits per heavy atom. The molecule has 0 saturated heterocycles. The van der Waals surface area contributed by atoms with Gasteiger partial charge in [0.1, 0.15) is 0 Å². The fourth-order valence-electron chi connectivity index (χ4n) is 1.84. The molecule has 0 spiro atoms. The number of nitro groups is 1. The molecule has 0 radical (unpaired) electrons. The second-order valence-electron chi connectivity index (χ2n) is 4.95. The summed E-state index contributed by atoms with van der Waals surface area (Å²) in [4.78, 5) is 14.8. The van der Waals surface area contributed by atoms with Crippen LogP contribution in [0.25, 0.3) is 0 Å². The van der Waals surface area contributed by atoms with Gasteiger partial charge in [-0.25, -0.2) is 4.99 Å². The number of non-ortho nitro benzene ring substituents is 1. The van der Waals surface area contributed by atoms with Crippen molar-refractivity contribution < 1.29 is 4.92 Å². The van der Waals surface area contributed by atoms with Gasteiger partial charge in [-0.15, -0.1) is 24.0 Å². The number of hydrogen-bond donors (Lipinski definition) is 2. The molecule has 0 aliphatic heterocycles. The molecule has 116 valence electrons. The largest absolute Gasteiger partial charge is 0.357 e. The first-order valence-corrected chi connectivity index (χ1v) is 6.94. The van der Waals surface area contributed by atoms with E-state index in [1.54, 1.807) is 12.1 Å². The maximum absolute atomic E-state index is 10.7. The number of guanidine groups is 1. The molecular weight excluding hydrogens is 383 g/mol. The molecule has 7 heteroatoms. The molecule has 1 aliphatic carbocycles. The Morgan fingerprint density at radius 3 is 2.81 bits per heavy atom. The maximum atomic E-state index is 10.7. The van der Waals surface area contributed by atoms with Crippen LogP contribution in [0.3, 0.4) is 0 Å². The van der Waals surface area contributed by atoms with Gasteiger partial charge in [0.25, 0.3) is 5.69 Å². The quantitative estimate of drug-likeness (QED) is 0.251. The van der Waals surface area contributed by atoms with Crippen molar-refractivity contribution in [3.63, 3.8) is 0 Å². The molecule has 6 nitrogen and oxygen atoms in total. The molecule has 0 heterocycles. The first-order chi connectivity index (χ1) is 9.69. The number of rotatable bonds is 6. The summed E-state index contributed by atoms with van der Waals surface area (Å²) >= 11 is 0. The molecular formula is C14H21IN4O2. The second kappa shape index (κ2) is 8.81. The van der Waals surface area contributed by atoms with E-state index in [1.165, 1.54) is 18.9 Å². The van der Waals surface area contributed by atoms with Crippen LogP contribution in [0.5, 0.6) is 0 Å². The summed E-state index contributed by atoms with van der Waals surface area (Å²) in [6, 6.07) is 6.59. The van der Waals surface area contributed by atoms with Gasteiger partial charge < -0.3 is 10.6 Å². The summed E-state index contributed by atoms with van der Waals surface area (Å²) in [5.41, 5.74) is 0.941. The first kappa shape index (κ1) is 17.7. The van der Waals surface area contributed by atoms with E-state index in [-0.39, 0.29) is 34.6 Å². The molecule has 1 fully saturated rings. The molecule has 1 aliphatic rings. The molecule has 0 amide bonds. The van der Waals surface area contributed by atoms with Crippen molar-refractivity contribution in [2.45, 2.75) is 26.3 Å². The summed E-state index contributed by atoms with van der Waals surface area (Å²) in [6.45, 7) is 4.19. The summed E-state index contributed by atoms with van der Waals surface area (Å²) in [7, 11) is 0. The van der Waals surface area contributed by atoms with Gasteiger partial charge in [0.05, 0.1) is 11.5 Å². The zero-order valence-corrected chi connectivity index (χ0v) is 14.4. The van der Waals surface area contributed by atoms with Crippen LogP contribution in [0.4, 0.5) is 5.69 Å². The minimum absolute atomic E-state index is 0. The Labute approximate surface area is 141 Å². The van der Waals surface area contributed by atoms with Crippen LogP contribution in [0.2, 0.25) is 0 Å². The van der Waals surface area contributed by atoms with E-state index in [1.807, 2.05) is 13.0 Å². The van der Waals surface area contributed by atoms with Crippen LogP contribution < -0.4 is 10.6 Å². The van der Waals surface area contributed by atoms with E-state index in [2.05, 4.69) is 15.6 Å². The first-order valence-electron chi connectivity index (χ1n) is 6.94. The number of benzene rings is 1. The predicted molar refractivity (Wildman–Crippen MR) is 94.1 cm³/mol. The third-order valence-electron chi connectivity index (χ3n) is 3.14. The normalized spacial score (nSPS) is 14.2. The third kappa shape index (κ3) is 6.28. The van der Waals surface area contributed by atoms with Crippen molar-refractivity contribution in [1.82, 2.24) is 10.6 Å². The molecule has 0 aromatic heterocycles. The number of halogens is 1. The molecule has 1 aromatic rings. The highest BCUT2D eigenvalue weighted by Crippen LogP contribution is 2.27. The summed E-state index contributed by atoms with van der Waals surface area (Å²) in [6.07, 6.45) is 2.58. The van der Waals surface area contributed by atoms with Crippen molar-refractivity contribution in [2.75, 3.05) is 13.1 Å². The van der Waals surface area contributed by atoms with Crippen LogP contribution in [0.1, 0.15) is 25.3 Å². The van der Waals surface area contributed by atoms with Crippen molar-refractivity contribution in [3.05, 3.63) is 39.9 Å². The Hall–Kier alpha value is -1.38. The lowest BCUT2D eigenvalue weighted by molar-refractivity contribution is -0.384. The Morgan fingerprint density at radius 1 is 1.43 bits per heavy atom. The summed E-state index contributed by atoms with van der Waals surface area (Å²) in [5.74, 6) is 1.54. The van der Waals surface area contributed by atoms with Gasteiger partial charge in [0, 0.05) is 25.2 Å². The van der Waals surface area contributed by atoms with Crippen molar-refractivity contribution in [2.24, 2.45) is 10.9 Å². The van der Waals surface area contributed by atoms with E-state index >= 15 is 0 Å². The van der Waals surface area contributed by atoms with Crippen molar-refractivity contribution in [1.29, 1.82) is 0 Å². The highest BCUT2D eigenvalue weighted by atomic mass is 127. The van der Waals surface area contributed by atoms with Gasteiger partial charge in [-0.05, 0) is 31.2 Å². The lowest BCUT2D eigenvalue weighted by atomic mass is 10.2. The van der Waals surface area contributed by atoms with Crippen LogP contribution in [0.15, 0.2) is 29.3 Å². The molecule has 1 saturated carbocycles. The highest BCUT2D eigenvalue weighted by molar-refractivity contribution is 14.0. The van der Waals surface area contributed by atoms with Gasteiger partial charge in [0.2, 0.25) is 0 Å². The SMILES string of the molecule is CCNC(=NCc1cccc([N+](=O)[O-])c1)NCC1CC1.I. The number of hydrogen-bond acceptors (Lipinski definition) is 3. The third-order valence-corrected chi connectivity index (χ3v) is 3.14. The number of nitrogens with zero attached hydrogens (tertiary/aromatic N) is 2. The van der Waals surface area contributed by atoms with Gasteiger partial charge in [-0.1, -0.05) is 12.1 Å². The van der Waals surface area contributed by atoms with Gasteiger partial charge in [-0.3, -0.25) is 10.1 Å². The molecule has 2 rings (SSSR count). The molecule has 21 heavy (non-hydrogen) atoms. The van der Waals surface area contributed by atoms with E-state index in [0.717, 1.165) is 30.5 Å². The Kier molecular flexibility index (Phi) is 7.41.